The van der Waals surface area contributed by atoms with Crippen LogP contribution in [0, 0.1) is 0 Å². The summed E-state index contributed by atoms with van der Waals surface area (Å²) in [5, 5.41) is -0.768. The van der Waals surface area contributed by atoms with E-state index in [0.717, 1.165) is 26.4 Å². The van der Waals surface area contributed by atoms with E-state index in [4.69, 9.17) is 32.7 Å². The van der Waals surface area contributed by atoms with E-state index in [1.807, 2.05) is 0 Å². The van der Waals surface area contributed by atoms with Gasteiger partial charge in [0.1, 0.15) is 41.5 Å². The van der Waals surface area contributed by atoms with Gasteiger partial charge in [0.25, 0.3) is 0 Å². The molecule has 2 rings (SSSR count). The molecular formula is C14H10Cl2Na2O8S2. The van der Waals surface area contributed by atoms with E-state index >= 15 is 0 Å². The molecule has 8 nitrogen and oxygen atoms in total. The molecule has 2 aromatic carbocycles. The number of benzene rings is 2. The second kappa shape index (κ2) is 10.7. The zero-order valence-electron chi connectivity index (χ0n) is 15.1. The summed E-state index contributed by atoms with van der Waals surface area (Å²) in [4.78, 5) is -1.66. The third-order valence-electron chi connectivity index (χ3n) is 3.33. The molecule has 0 radical (unpaired) electrons. The summed E-state index contributed by atoms with van der Waals surface area (Å²) in [6.45, 7) is 0. The Balaban J connectivity index is 0.00000364. The van der Waals surface area contributed by atoms with Crippen LogP contribution in [0.2, 0.25) is 10.0 Å². The summed E-state index contributed by atoms with van der Waals surface area (Å²) < 4.78 is 79.2. The van der Waals surface area contributed by atoms with E-state index in [1.165, 1.54) is 12.1 Å². The average Bonchev–Trinajstić information content (AvgIpc) is 2.51. The van der Waals surface area contributed by atoms with Crippen LogP contribution >= 0.6 is 23.2 Å². The molecule has 0 amide bonds. The quantitative estimate of drug-likeness (QED) is 0.314. The molecule has 0 fully saturated rings. The average molecular weight is 487 g/mol. The van der Waals surface area contributed by atoms with Crippen LogP contribution in [0.15, 0.2) is 34.1 Å². The smallest absolute Gasteiger partial charge is 0.744 e. The van der Waals surface area contributed by atoms with Gasteiger partial charge in [-0.2, -0.15) is 0 Å². The Morgan fingerprint density at radius 2 is 1.00 bits per heavy atom. The summed E-state index contributed by atoms with van der Waals surface area (Å²) in [6, 6.07) is 4.79. The van der Waals surface area contributed by atoms with Crippen molar-refractivity contribution in [3.63, 3.8) is 0 Å². The minimum Gasteiger partial charge on any atom is -0.744 e. The predicted octanol–water partition coefficient (Wildman–Crippen LogP) is -3.51. The predicted molar refractivity (Wildman–Crippen MR) is 90.9 cm³/mol. The molecule has 0 aliphatic rings. The maximum atomic E-state index is 11.5. The number of methoxy groups -OCH3 is 2. The molecule has 0 atom stereocenters. The van der Waals surface area contributed by atoms with Crippen molar-refractivity contribution >= 4 is 43.4 Å². The molecule has 142 valence electrons. The summed E-state index contributed by atoms with van der Waals surface area (Å²) in [5.74, 6) is -0.857. The van der Waals surface area contributed by atoms with Crippen molar-refractivity contribution < 1.29 is 94.5 Å². The Hall–Kier alpha value is 0.440. The summed E-state index contributed by atoms with van der Waals surface area (Å²) in [7, 11) is -7.86. The fourth-order valence-electron chi connectivity index (χ4n) is 2.37. The molecular weight excluding hydrogens is 477 g/mol. The Kier molecular flexibility index (Phi) is 10.8. The van der Waals surface area contributed by atoms with Gasteiger partial charge in [0.2, 0.25) is 0 Å². The Bertz CT molecular complexity index is 1000. The van der Waals surface area contributed by atoms with Crippen molar-refractivity contribution in [3.05, 3.63) is 34.3 Å². The Morgan fingerprint density at radius 1 is 0.714 bits per heavy atom. The van der Waals surface area contributed by atoms with Crippen molar-refractivity contribution in [3.8, 4) is 22.6 Å². The second-order valence-corrected chi connectivity index (χ2v) is 8.27. The third-order valence-corrected chi connectivity index (χ3v) is 5.99. The molecule has 28 heavy (non-hydrogen) atoms. The summed E-state index contributed by atoms with van der Waals surface area (Å²) in [6.07, 6.45) is 0. The zero-order chi connectivity index (χ0) is 19.9. The Morgan fingerprint density at radius 3 is 1.21 bits per heavy atom. The normalized spacial score (nSPS) is 11.2. The molecule has 2 aromatic rings. The molecule has 0 unspecified atom stereocenters. The van der Waals surface area contributed by atoms with Crippen LogP contribution in [0.4, 0.5) is 0 Å². The van der Waals surface area contributed by atoms with E-state index in [1.54, 1.807) is 0 Å². The molecule has 0 bridgehead atoms. The first-order valence-electron chi connectivity index (χ1n) is 6.58. The van der Waals surface area contributed by atoms with Crippen molar-refractivity contribution in [2.75, 3.05) is 14.2 Å². The monoisotopic (exact) mass is 486 g/mol. The van der Waals surface area contributed by atoms with Crippen LogP contribution in [-0.2, 0) is 20.2 Å². The van der Waals surface area contributed by atoms with Gasteiger partial charge in [-0.15, -0.1) is 0 Å². The van der Waals surface area contributed by atoms with Crippen molar-refractivity contribution in [1.82, 2.24) is 0 Å². The fraction of sp³-hybridized carbons (Fsp3) is 0.143. The topological polar surface area (TPSA) is 133 Å². The fourth-order valence-corrected chi connectivity index (χ4v) is 4.69. The maximum absolute atomic E-state index is 11.5. The van der Waals surface area contributed by atoms with Crippen LogP contribution in [0.1, 0.15) is 0 Å². The second-order valence-electron chi connectivity index (χ2n) is 4.82. The molecule has 14 heteroatoms. The molecule has 0 aliphatic heterocycles. The first kappa shape index (κ1) is 28.4. The van der Waals surface area contributed by atoms with Gasteiger partial charge in [0.05, 0.1) is 24.3 Å². The van der Waals surface area contributed by atoms with Crippen LogP contribution in [0.5, 0.6) is 11.5 Å². The molecule has 0 N–H and O–H groups in total. The summed E-state index contributed by atoms with van der Waals surface area (Å²) in [5.41, 5.74) is -0.0746. The van der Waals surface area contributed by atoms with Gasteiger partial charge in [-0.05, 0) is 24.3 Å². The minimum atomic E-state index is -5.03. The van der Waals surface area contributed by atoms with Gasteiger partial charge in [-0.3, -0.25) is 0 Å². The number of hydrogen-bond acceptors (Lipinski definition) is 8. The van der Waals surface area contributed by atoms with Crippen molar-refractivity contribution in [2.24, 2.45) is 0 Å². The first-order valence-corrected chi connectivity index (χ1v) is 10.2. The van der Waals surface area contributed by atoms with Gasteiger partial charge in [-0.1, -0.05) is 23.2 Å². The van der Waals surface area contributed by atoms with Crippen LogP contribution in [0.3, 0.4) is 0 Å². The van der Waals surface area contributed by atoms with Gasteiger partial charge in [-0.25, -0.2) is 16.8 Å². The van der Waals surface area contributed by atoms with Gasteiger partial charge in [0, 0.05) is 11.1 Å². The standard InChI is InChI=1S/C14H12Cl2O8S2.2Na/c1-23-11-7(3-5-9(15)13(11)25(17,18)19)8-4-6-10(16)14(12(8)24-2)26(20,21)22;;/h3-6H,1-2H3,(H,17,18,19)(H,20,21,22);;/q;2*+1/p-2. The van der Waals surface area contributed by atoms with E-state index in [2.05, 4.69) is 0 Å². The van der Waals surface area contributed by atoms with E-state index in [9.17, 15) is 25.9 Å². The van der Waals surface area contributed by atoms with Crippen molar-refractivity contribution in [1.29, 1.82) is 0 Å². The molecule has 0 aliphatic carbocycles. The van der Waals surface area contributed by atoms with E-state index in [0.29, 0.717) is 0 Å². The van der Waals surface area contributed by atoms with Crippen LogP contribution in [-0.4, -0.2) is 40.2 Å². The zero-order valence-corrected chi connectivity index (χ0v) is 22.3. The molecule has 0 spiro atoms. The van der Waals surface area contributed by atoms with Gasteiger partial charge < -0.3 is 18.6 Å². The third kappa shape index (κ3) is 5.77. The summed E-state index contributed by atoms with van der Waals surface area (Å²) >= 11 is 11.6. The number of halogens is 2. The van der Waals surface area contributed by atoms with E-state index in [-0.39, 0.29) is 80.3 Å². The number of rotatable bonds is 5. The molecule has 0 saturated carbocycles. The number of ether oxygens (including phenoxy) is 2. The SMILES string of the molecule is COc1c(-c2ccc(Cl)c(S(=O)(=O)[O-])c2OC)ccc(Cl)c1S(=O)(=O)[O-].[Na+].[Na+]. The van der Waals surface area contributed by atoms with E-state index < -0.39 is 41.5 Å². The van der Waals surface area contributed by atoms with Crippen molar-refractivity contribution in [2.45, 2.75) is 9.79 Å². The molecule has 0 saturated heterocycles. The minimum absolute atomic E-state index is 0. The Labute approximate surface area is 216 Å². The number of hydrogen-bond donors (Lipinski definition) is 0. The van der Waals surface area contributed by atoms with Crippen LogP contribution in [0.25, 0.3) is 11.1 Å². The molecule has 0 aromatic heterocycles. The largest absolute Gasteiger partial charge is 1.00 e. The maximum Gasteiger partial charge on any atom is 1.00 e. The van der Waals surface area contributed by atoms with Gasteiger partial charge in [0.15, 0.2) is 0 Å². The molecule has 0 heterocycles. The first-order chi connectivity index (χ1) is 11.9. The van der Waals surface area contributed by atoms with Crippen LogP contribution < -0.4 is 68.6 Å². The van der Waals surface area contributed by atoms with Gasteiger partial charge >= 0.3 is 59.1 Å².